The summed E-state index contributed by atoms with van der Waals surface area (Å²) in [5.41, 5.74) is 8.67. The first-order chi connectivity index (χ1) is 18.1. The maximum atomic E-state index is 13.0. The second kappa shape index (κ2) is 11.1. The predicted molar refractivity (Wildman–Crippen MR) is 135 cm³/mol. The summed E-state index contributed by atoms with van der Waals surface area (Å²) in [4.78, 5) is 21.2. The third-order valence-electron chi connectivity index (χ3n) is 6.17. The molecule has 0 aliphatic rings. The molecule has 0 bridgehead atoms. The smallest absolute Gasteiger partial charge is 0.422 e. The Morgan fingerprint density at radius 2 is 1.95 bits per heavy atom. The number of nitrogen functional groups attached to an aromatic ring is 1. The van der Waals surface area contributed by atoms with Crippen LogP contribution in [-0.4, -0.2) is 54.6 Å². The number of nitrogens with one attached hydrogen (secondary N) is 1. The van der Waals surface area contributed by atoms with Crippen molar-refractivity contribution in [3.8, 4) is 17.0 Å². The van der Waals surface area contributed by atoms with Gasteiger partial charge < -0.3 is 15.8 Å². The van der Waals surface area contributed by atoms with Crippen molar-refractivity contribution in [2.75, 3.05) is 18.9 Å². The molecule has 0 aromatic carbocycles. The van der Waals surface area contributed by atoms with Gasteiger partial charge in [0.1, 0.15) is 0 Å². The van der Waals surface area contributed by atoms with E-state index in [0.29, 0.717) is 35.7 Å². The number of aromatic nitrogens is 6. The van der Waals surface area contributed by atoms with E-state index < -0.39 is 12.8 Å². The Labute approximate surface area is 217 Å². The molecule has 38 heavy (non-hydrogen) atoms. The van der Waals surface area contributed by atoms with Crippen molar-refractivity contribution < 1.29 is 22.7 Å². The van der Waals surface area contributed by atoms with Crippen molar-refractivity contribution in [1.82, 2.24) is 34.7 Å². The number of anilines is 1. The van der Waals surface area contributed by atoms with Gasteiger partial charge in [0, 0.05) is 42.3 Å². The van der Waals surface area contributed by atoms with Gasteiger partial charge in [0.2, 0.25) is 11.8 Å². The highest BCUT2D eigenvalue weighted by molar-refractivity contribution is 6.01. The molecule has 4 aromatic rings. The summed E-state index contributed by atoms with van der Waals surface area (Å²) >= 11 is 0. The monoisotopic (exact) mass is 530 g/mol. The molecular weight excluding hydrogens is 501 g/mol. The number of rotatable bonds is 10. The number of carbonyl (C=O) groups is 1. The molecule has 0 aliphatic heterocycles. The number of nitrogens with two attached hydrogens (primary N) is 1. The summed E-state index contributed by atoms with van der Waals surface area (Å²) in [6, 6.07) is 4.57. The van der Waals surface area contributed by atoms with E-state index in [1.807, 2.05) is 13.1 Å². The molecular formula is C25H29F3N8O2. The summed E-state index contributed by atoms with van der Waals surface area (Å²) in [7, 11) is 0. The number of nitrogens with zero attached hydrogens (tertiary/aromatic N) is 6. The van der Waals surface area contributed by atoms with Crippen molar-refractivity contribution >= 4 is 17.5 Å². The van der Waals surface area contributed by atoms with Gasteiger partial charge >= 0.3 is 6.18 Å². The van der Waals surface area contributed by atoms with Crippen LogP contribution in [0.2, 0.25) is 0 Å². The lowest BCUT2D eigenvalue weighted by Crippen LogP contribution is -2.28. The van der Waals surface area contributed by atoms with Crippen LogP contribution in [0.25, 0.3) is 16.8 Å². The van der Waals surface area contributed by atoms with Crippen LogP contribution in [0, 0.1) is 5.92 Å². The van der Waals surface area contributed by atoms with Crippen LogP contribution in [0.5, 0.6) is 5.88 Å². The molecule has 4 aromatic heterocycles. The SMILES string of the molecule is CCC(c1ccc(OCC(F)(F)F)nc1)n1cc(-c2cc(C(=O)NC[C@@H](C)CC)c3nc(N)nn3c2)cn1. The number of carbonyl (C=O) groups excluding carboxylic acids is 1. The third kappa shape index (κ3) is 6.21. The number of amides is 1. The van der Waals surface area contributed by atoms with Crippen molar-refractivity contribution in [3.63, 3.8) is 0 Å². The third-order valence-corrected chi connectivity index (χ3v) is 6.17. The molecule has 3 N–H and O–H groups in total. The van der Waals surface area contributed by atoms with Crippen molar-refractivity contribution in [3.05, 3.63) is 54.1 Å². The zero-order chi connectivity index (χ0) is 27.4. The maximum Gasteiger partial charge on any atom is 0.422 e. The first-order valence-electron chi connectivity index (χ1n) is 12.2. The Bertz CT molecular complexity index is 1400. The summed E-state index contributed by atoms with van der Waals surface area (Å²) in [6.45, 7) is 5.20. The van der Waals surface area contributed by atoms with Gasteiger partial charge in [-0.15, -0.1) is 5.10 Å². The van der Waals surface area contributed by atoms with Crippen molar-refractivity contribution in [1.29, 1.82) is 0 Å². The molecule has 0 spiro atoms. The van der Waals surface area contributed by atoms with E-state index in [4.69, 9.17) is 10.5 Å². The molecule has 4 heterocycles. The van der Waals surface area contributed by atoms with Crippen LogP contribution in [0.1, 0.15) is 55.6 Å². The summed E-state index contributed by atoms with van der Waals surface area (Å²) in [5.74, 6) is -0.0102. The second-order valence-electron chi connectivity index (χ2n) is 9.07. The van der Waals surface area contributed by atoms with Crippen LogP contribution >= 0.6 is 0 Å². The summed E-state index contributed by atoms with van der Waals surface area (Å²) < 4.78 is 45.1. The van der Waals surface area contributed by atoms with Crippen LogP contribution in [-0.2, 0) is 0 Å². The van der Waals surface area contributed by atoms with Gasteiger partial charge in [0.05, 0.1) is 17.8 Å². The number of hydrogen-bond acceptors (Lipinski definition) is 7. The van der Waals surface area contributed by atoms with Crippen molar-refractivity contribution in [2.45, 2.75) is 45.8 Å². The summed E-state index contributed by atoms with van der Waals surface area (Å²) in [5, 5.41) is 11.6. The highest BCUT2D eigenvalue weighted by Gasteiger charge is 2.28. The van der Waals surface area contributed by atoms with E-state index >= 15 is 0 Å². The number of alkyl halides is 3. The standard InChI is InChI=1S/C25H29F3N8O2/c1-4-15(3)9-31-23(37)19-8-17(12-36-22(19)33-24(29)34-36)18-11-32-35(13-18)20(5-2)16-6-7-21(30-10-16)38-14-25(26,27)28/h6-8,10-13,15,20H,4-5,9,14H2,1-3H3,(H2,29,34)(H,31,37)/t15-,20?/m0/s1. The van der Waals surface area contributed by atoms with E-state index in [1.165, 1.54) is 16.8 Å². The van der Waals surface area contributed by atoms with Crippen LogP contribution in [0.3, 0.4) is 0 Å². The Morgan fingerprint density at radius 1 is 1.16 bits per heavy atom. The zero-order valence-corrected chi connectivity index (χ0v) is 21.2. The van der Waals surface area contributed by atoms with E-state index in [-0.39, 0.29) is 23.8 Å². The molecule has 0 saturated heterocycles. The molecule has 0 fully saturated rings. The lowest BCUT2D eigenvalue weighted by atomic mass is 10.1. The van der Waals surface area contributed by atoms with E-state index in [1.54, 1.807) is 29.2 Å². The van der Waals surface area contributed by atoms with Gasteiger partial charge in [-0.2, -0.15) is 23.3 Å². The molecule has 4 rings (SSSR count). The average Bonchev–Trinajstić information content (AvgIpc) is 3.52. The van der Waals surface area contributed by atoms with E-state index in [9.17, 15) is 18.0 Å². The molecule has 0 saturated carbocycles. The minimum absolute atomic E-state index is 0.0510. The number of fused-ring (bicyclic) bond motifs is 1. The first kappa shape index (κ1) is 26.9. The Morgan fingerprint density at radius 3 is 2.61 bits per heavy atom. The maximum absolute atomic E-state index is 13.0. The van der Waals surface area contributed by atoms with Gasteiger partial charge in [-0.1, -0.05) is 27.2 Å². The number of halogens is 3. The van der Waals surface area contributed by atoms with Crippen molar-refractivity contribution in [2.24, 2.45) is 5.92 Å². The largest absolute Gasteiger partial charge is 0.468 e. The fourth-order valence-electron chi connectivity index (χ4n) is 3.90. The van der Waals surface area contributed by atoms with Crippen LogP contribution < -0.4 is 15.8 Å². The quantitative estimate of drug-likeness (QED) is 0.313. The van der Waals surface area contributed by atoms with E-state index in [0.717, 1.165) is 17.5 Å². The van der Waals surface area contributed by atoms with Crippen LogP contribution in [0.15, 0.2) is 43.0 Å². The lowest BCUT2D eigenvalue weighted by molar-refractivity contribution is -0.154. The molecule has 0 radical (unpaired) electrons. The highest BCUT2D eigenvalue weighted by Crippen LogP contribution is 2.27. The first-order valence-corrected chi connectivity index (χ1v) is 12.2. The Hall–Kier alpha value is -4.16. The lowest BCUT2D eigenvalue weighted by Gasteiger charge is -2.16. The fourth-order valence-corrected chi connectivity index (χ4v) is 3.90. The van der Waals surface area contributed by atoms with Gasteiger partial charge in [-0.05, 0) is 30.0 Å². The highest BCUT2D eigenvalue weighted by atomic mass is 19.4. The summed E-state index contributed by atoms with van der Waals surface area (Å²) in [6.07, 6.45) is 3.83. The van der Waals surface area contributed by atoms with Gasteiger partial charge in [0.25, 0.3) is 5.91 Å². The normalized spacial score (nSPS) is 13.4. The minimum atomic E-state index is -4.44. The topological polar surface area (TPSA) is 125 Å². The minimum Gasteiger partial charge on any atom is -0.468 e. The Balaban J connectivity index is 1.60. The molecule has 202 valence electrons. The molecule has 10 nitrogen and oxygen atoms in total. The second-order valence-corrected chi connectivity index (χ2v) is 9.07. The molecule has 13 heteroatoms. The van der Waals surface area contributed by atoms with Gasteiger partial charge in [-0.25, -0.2) is 9.50 Å². The molecule has 0 aliphatic carbocycles. The average molecular weight is 531 g/mol. The predicted octanol–water partition coefficient (Wildman–Crippen LogP) is 4.29. The zero-order valence-electron chi connectivity index (χ0n) is 21.2. The number of ether oxygens (including phenoxy) is 1. The van der Waals surface area contributed by atoms with E-state index in [2.05, 4.69) is 39.3 Å². The van der Waals surface area contributed by atoms with Gasteiger partial charge in [0.15, 0.2) is 12.3 Å². The molecule has 1 unspecified atom stereocenters. The van der Waals surface area contributed by atoms with Gasteiger partial charge in [-0.3, -0.25) is 9.48 Å². The molecule has 1 amide bonds. The van der Waals surface area contributed by atoms with Crippen LogP contribution in [0.4, 0.5) is 19.1 Å². The number of hydrogen-bond donors (Lipinski definition) is 2. The Kier molecular flexibility index (Phi) is 7.83. The molecule has 2 atom stereocenters. The number of pyridine rings is 2. The fraction of sp³-hybridized carbons (Fsp3) is 0.400.